The topological polar surface area (TPSA) is 105 Å². The minimum absolute atomic E-state index is 0.121. The van der Waals surface area contributed by atoms with E-state index in [1.165, 1.54) is 18.4 Å². The van der Waals surface area contributed by atoms with Crippen molar-refractivity contribution in [1.29, 1.82) is 0 Å². The van der Waals surface area contributed by atoms with Gasteiger partial charge in [0.15, 0.2) is 10.8 Å². The maximum atomic E-state index is 13.1. The summed E-state index contributed by atoms with van der Waals surface area (Å²) in [4.78, 5) is 34.4. The molecule has 1 aliphatic heterocycles. The Labute approximate surface area is 228 Å². The van der Waals surface area contributed by atoms with E-state index in [2.05, 4.69) is 62.5 Å². The number of aromatic nitrogens is 1. The molecular formula is C29H26FN5O3S. The molecule has 10 heteroatoms. The molecule has 39 heavy (non-hydrogen) atoms. The molecule has 0 spiro atoms. The number of carbonyl (C=O) groups is 2. The lowest BCUT2D eigenvalue weighted by Gasteiger charge is -2.36. The van der Waals surface area contributed by atoms with Crippen LogP contribution in [0.5, 0.6) is 0 Å². The van der Waals surface area contributed by atoms with Crippen molar-refractivity contribution in [3.8, 4) is 0 Å². The third-order valence-corrected chi connectivity index (χ3v) is 7.28. The molecule has 0 aliphatic carbocycles. The highest BCUT2D eigenvalue weighted by molar-refractivity contribution is 7.14. The minimum Gasteiger partial charge on any atom is -0.398 e. The van der Waals surface area contributed by atoms with Crippen molar-refractivity contribution in [3.63, 3.8) is 0 Å². The number of anilines is 1. The van der Waals surface area contributed by atoms with E-state index < -0.39 is 36.1 Å². The summed E-state index contributed by atoms with van der Waals surface area (Å²) in [5.41, 5.74) is 2.31. The van der Waals surface area contributed by atoms with E-state index in [0.717, 1.165) is 16.7 Å². The number of carbonyl (C=O) groups excluding carboxylic acids is 2. The van der Waals surface area contributed by atoms with Crippen LogP contribution in [-0.2, 0) is 20.0 Å². The number of oxime groups is 1. The van der Waals surface area contributed by atoms with Gasteiger partial charge >= 0.3 is 0 Å². The van der Waals surface area contributed by atoms with Gasteiger partial charge in [-0.1, -0.05) is 96.2 Å². The molecular weight excluding hydrogens is 517 g/mol. The predicted octanol–water partition coefficient (Wildman–Crippen LogP) is 3.85. The zero-order valence-electron chi connectivity index (χ0n) is 21.0. The predicted molar refractivity (Wildman–Crippen MR) is 148 cm³/mol. The van der Waals surface area contributed by atoms with Crippen LogP contribution in [-0.4, -0.2) is 48.4 Å². The Hall–Kier alpha value is -4.57. The number of rotatable bonds is 10. The Kier molecular flexibility index (Phi) is 7.64. The number of halogens is 1. The van der Waals surface area contributed by atoms with Crippen LogP contribution < -0.4 is 16.0 Å². The largest absolute Gasteiger partial charge is 0.398 e. The third kappa shape index (κ3) is 5.10. The van der Waals surface area contributed by atoms with Crippen molar-refractivity contribution >= 4 is 34.0 Å². The number of benzene rings is 3. The van der Waals surface area contributed by atoms with Gasteiger partial charge in [0.1, 0.15) is 31.1 Å². The van der Waals surface area contributed by atoms with E-state index in [1.54, 1.807) is 5.38 Å². The molecule has 0 unspecified atom stereocenters. The second-order valence-corrected chi connectivity index (χ2v) is 9.71. The lowest BCUT2D eigenvalue weighted by atomic mass is 9.77. The summed E-state index contributed by atoms with van der Waals surface area (Å²) in [7, 11) is 1.31. The van der Waals surface area contributed by atoms with Gasteiger partial charge in [-0.15, -0.1) is 11.3 Å². The average molecular weight is 544 g/mol. The quantitative estimate of drug-likeness (QED) is 0.122. The van der Waals surface area contributed by atoms with Crippen molar-refractivity contribution in [2.45, 2.75) is 17.6 Å². The fourth-order valence-electron chi connectivity index (χ4n) is 4.62. The Morgan fingerprint density at radius 1 is 1.00 bits per heavy atom. The Bertz CT molecular complexity index is 1370. The van der Waals surface area contributed by atoms with E-state index in [0.29, 0.717) is 5.13 Å². The second kappa shape index (κ2) is 11.4. The van der Waals surface area contributed by atoms with Gasteiger partial charge < -0.3 is 20.8 Å². The molecule has 3 N–H and O–H groups in total. The maximum absolute atomic E-state index is 13.1. The van der Waals surface area contributed by atoms with Gasteiger partial charge in [-0.2, -0.15) is 0 Å². The van der Waals surface area contributed by atoms with Crippen LogP contribution in [0.2, 0.25) is 0 Å². The number of hydrogen-bond donors (Lipinski definition) is 3. The van der Waals surface area contributed by atoms with Gasteiger partial charge in [-0.3, -0.25) is 9.59 Å². The monoisotopic (exact) mass is 543 g/mol. The molecule has 1 fully saturated rings. The SMILES string of the molecule is CON=C(C(=O)N[C@@H]1C(=O)N[C@@H]1CF)c1csc(NC(c2ccccc2)(c2ccccc2)c2ccccc2)n1. The summed E-state index contributed by atoms with van der Waals surface area (Å²) >= 11 is 1.30. The Morgan fingerprint density at radius 2 is 1.54 bits per heavy atom. The zero-order chi connectivity index (χ0) is 27.2. The molecule has 3 aromatic carbocycles. The summed E-state index contributed by atoms with van der Waals surface area (Å²) < 4.78 is 13.1. The van der Waals surface area contributed by atoms with E-state index in [4.69, 9.17) is 4.84 Å². The number of hydrogen-bond acceptors (Lipinski definition) is 7. The number of alkyl halides is 1. The fraction of sp³-hybridized carbons (Fsp3) is 0.172. The van der Waals surface area contributed by atoms with Gasteiger partial charge in [-0.25, -0.2) is 9.37 Å². The Morgan fingerprint density at radius 3 is 2.00 bits per heavy atom. The molecule has 1 saturated heterocycles. The lowest BCUT2D eigenvalue weighted by Crippen LogP contribution is -2.70. The van der Waals surface area contributed by atoms with Crippen molar-refractivity contribution in [2.24, 2.45) is 5.16 Å². The number of β-lactam (4-membered cyclic amide) rings is 1. The van der Waals surface area contributed by atoms with Crippen LogP contribution in [0.3, 0.4) is 0 Å². The first-order valence-electron chi connectivity index (χ1n) is 12.3. The summed E-state index contributed by atoms with van der Waals surface area (Å²) in [6.07, 6.45) is 0. The lowest BCUT2D eigenvalue weighted by molar-refractivity contribution is -0.135. The van der Waals surface area contributed by atoms with Crippen molar-refractivity contribution in [2.75, 3.05) is 19.1 Å². The molecule has 1 aromatic heterocycles. The highest BCUT2D eigenvalue weighted by atomic mass is 32.1. The molecule has 2 amide bonds. The third-order valence-electron chi connectivity index (χ3n) is 6.52. The summed E-state index contributed by atoms with van der Waals surface area (Å²) in [6, 6.07) is 28.4. The van der Waals surface area contributed by atoms with Gasteiger partial charge in [0.05, 0.1) is 6.04 Å². The van der Waals surface area contributed by atoms with Crippen LogP contribution >= 0.6 is 11.3 Å². The summed E-state index contributed by atoms with van der Waals surface area (Å²) in [6.45, 7) is -0.793. The first-order valence-corrected chi connectivity index (χ1v) is 13.1. The van der Waals surface area contributed by atoms with E-state index in [-0.39, 0.29) is 11.4 Å². The van der Waals surface area contributed by atoms with Gasteiger partial charge in [-0.05, 0) is 16.7 Å². The molecule has 198 valence electrons. The molecule has 2 heterocycles. The highest BCUT2D eigenvalue weighted by Crippen LogP contribution is 2.40. The summed E-state index contributed by atoms with van der Waals surface area (Å²) in [5.74, 6) is -1.14. The first-order chi connectivity index (χ1) is 19.1. The zero-order valence-corrected chi connectivity index (χ0v) is 21.8. The number of nitrogens with one attached hydrogen (secondary N) is 3. The normalized spacial score (nSPS) is 17.1. The number of amides is 2. The molecule has 0 bridgehead atoms. The molecule has 8 nitrogen and oxygen atoms in total. The molecule has 0 saturated carbocycles. The van der Waals surface area contributed by atoms with E-state index in [1.807, 2.05) is 54.6 Å². The van der Waals surface area contributed by atoms with Gasteiger partial charge in [0.2, 0.25) is 5.91 Å². The van der Waals surface area contributed by atoms with Crippen LogP contribution in [0.25, 0.3) is 0 Å². The summed E-state index contributed by atoms with van der Waals surface area (Å²) in [5, 5.41) is 14.7. The van der Waals surface area contributed by atoms with E-state index >= 15 is 0 Å². The highest BCUT2D eigenvalue weighted by Gasteiger charge is 2.41. The van der Waals surface area contributed by atoms with Crippen LogP contribution in [0.4, 0.5) is 9.52 Å². The maximum Gasteiger partial charge on any atom is 0.276 e. The minimum atomic E-state index is -0.984. The molecule has 5 rings (SSSR count). The number of thiazole rings is 1. The Balaban J connectivity index is 1.53. The smallest absolute Gasteiger partial charge is 0.276 e. The number of nitrogens with zero attached hydrogens (tertiary/aromatic N) is 2. The fourth-order valence-corrected chi connectivity index (χ4v) is 5.37. The van der Waals surface area contributed by atoms with Crippen molar-refractivity contribution < 1.29 is 18.8 Å². The van der Waals surface area contributed by atoms with Gasteiger partial charge in [0, 0.05) is 5.38 Å². The standard InChI is InChI=1S/C29H26FN5O3S/c1-38-35-25(27(37)33-24-22(17-30)31-26(24)36)23-18-39-28(32-23)34-29(19-11-5-2-6-12-19,20-13-7-3-8-14-20)21-15-9-4-10-16-21/h2-16,18,22,24H,17H2,1H3,(H,31,36)(H,32,34)(H,33,37)/t22-,24+/m1/s1. The first kappa shape index (κ1) is 26.1. The van der Waals surface area contributed by atoms with E-state index in [9.17, 15) is 14.0 Å². The van der Waals surface area contributed by atoms with Crippen LogP contribution in [0, 0.1) is 0 Å². The van der Waals surface area contributed by atoms with Crippen molar-refractivity contribution in [3.05, 3.63) is 119 Å². The molecule has 0 radical (unpaired) electrons. The molecule has 4 aromatic rings. The van der Waals surface area contributed by atoms with Crippen molar-refractivity contribution in [1.82, 2.24) is 15.6 Å². The van der Waals surface area contributed by atoms with Gasteiger partial charge in [0.25, 0.3) is 5.91 Å². The van der Waals surface area contributed by atoms with Crippen LogP contribution in [0.15, 0.2) is 102 Å². The molecule has 2 atom stereocenters. The second-order valence-electron chi connectivity index (χ2n) is 8.85. The van der Waals surface area contributed by atoms with Crippen LogP contribution in [0.1, 0.15) is 22.4 Å². The average Bonchev–Trinajstić information content (AvgIpc) is 3.45. The molecule has 1 aliphatic rings.